The number of benzene rings is 1. The summed E-state index contributed by atoms with van der Waals surface area (Å²) in [5.74, 6) is -0.357. The number of hydrogen-bond acceptors (Lipinski definition) is 5. The van der Waals surface area contributed by atoms with Crippen LogP contribution in [0.2, 0.25) is 0 Å². The SMILES string of the molecule is CC(C)(C)C(O)CC(C)(C)C1CCOC(c2ccc(O)c(O)c2)O1. The molecule has 0 aromatic heterocycles. The van der Waals surface area contributed by atoms with E-state index in [4.69, 9.17) is 9.47 Å². The standard InChI is InChI=1S/C19H30O5/c1-18(2,3)15(22)11-19(4,5)16-8-9-23-17(24-16)12-6-7-13(20)14(21)10-12/h6-7,10,15-17,20-22H,8-9,11H2,1-5H3. The summed E-state index contributed by atoms with van der Waals surface area (Å²) in [6.07, 6.45) is 0.319. The molecule has 5 heteroatoms. The first-order valence-corrected chi connectivity index (χ1v) is 8.48. The van der Waals surface area contributed by atoms with Crippen LogP contribution in [0.3, 0.4) is 0 Å². The first kappa shape index (κ1) is 19.0. The van der Waals surface area contributed by atoms with Crippen LogP contribution in [-0.2, 0) is 9.47 Å². The fourth-order valence-corrected chi connectivity index (χ4v) is 2.91. The van der Waals surface area contributed by atoms with Crippen molar-refractivity contribution in [2.45, 2.75) is 66.0 Å². The van der Waals surface area contributed by atoms with Crippen molar-refractivity contribution in [1.29, 1.82) is 0 Å². The van der Waals surface area contributed by atoms with Gasteiger partial charge >= 0.3 is 0 Å². The Morgan fingerprint density at radius 3 is 2.38 bits per heavy atom. The molecule has 0 amide bonds. The van der Waals surface area contributed by atoms with Gasteiger partial charge in [-0.25, -0.2) is 0 Å². The van der Waals surface area contributed by atoms with Crippen LogP contribution >= 0.6 is 0 Å². The van der Waals surface area contributed by atoms with E-state index in [1.54, 1.807) is 6.07 Å². The lowest BCUT2D eigenvalue weighted by molar-refractivity contribution is -0.244. The molecule has 3 atom stereocenters. The number of aliphatic hydroxyl groups is 1. The van der Waals surface area contributed by atoms with Gasteiger partial charge in [-0.1, -0.05) is 40.7 Å². The summed E-state index contributed by atoms with van der Waals surface area (Å²) in [5.41, 5.74) is 0.278. The Labute approximate surface area is 144 Å². The van der Waals surface area contributed by atoms with E-state index in [-0.39, 0.29) is 28.4 Å². The Morgan fingerprint density at radius 2 is 1.79 bits per heavy atom. The number of rotatable bonds is 4. The third-order valence-corrected chi connectivity index (χ3v) is 4.80. The molecule has 1 aromatic rings. The molecule has 136 valence electrons. The number of aromatic hydroxyl groups is 2. The average Bonchev–Trinajstić information content (AvgIpc) is 2.49. The van der Waals surface area contributed by atoms with Gasteiger partial charge in [0.15, 0.2) is 17.8 Å². The first-order chi connectivity index (χ1) is 11.0. The normalized spacial score (nSPS) is 23.9. The number of phenols is 2. The van der Waals surface area contributed by atoms with E-state index in [9.17, 15) is 15.3 Å². The largest absolute Gasteiger partial charge is 0.504 e. The number of aliphatic hydroxyl groups excluding tert-OH is 1. The minimum atomic E-state index is -0.582. The van der Waals surface area contributed by atoms with Gasteiger partial charge in [0.05, 0.1) is 18.8 Å². The van der Waals surface area contributed by atoms with Crippen molar-refractivity contribution in [1.82, 2.24) is 0 Å². The van der Waals surface area contributed by atoms with Gasteiger partial charge in [0, 0.05) is 5.56 Å². The fourth-order valence-electron chi connectivity index (χ4n) is 2.91. The molecular formula is C19H30O5. The van der Waals surface area contributed by atoms with Crippen LogP contribution in [0.15, 0.2) is 18.2 Å². The summed E-state index contributed by atoms with van der Waals surface area (Å²) < 4.78 is 11.8. The van der Waals surface area contributed by atoms with Gasteiger partial charge < -0.3 is 24.8 Å². The van der Waals surface area contributed by atoms with Crippen molar-refractivity contribution in [3.8, 4) is 11.5 Å². The summed E-state index contributed by atoms with van der Waals surface area (Å²) >= 11 is 0. The molecule has 1 aromatic carbocycles. The molecule has 5 nitrogen and oxygen atoms in total. The predicted octanol–water partition coefficient (Wildman–Crippen LogP) is 3.73. The second-order valence-corrected chi connectivity index (χ2v) is 8.44. The highest BCUT2D eigenvalue weighted by atomic mass is 16.7. The van der Waals surface area contributed by atoms with Crippen molar-refractivity contribution in [3.63, 3.8) is 0 Å². The zero-order valence-electron chi connectivity index (χ0n) is 15.2. The zero-order chi connectivity index (χ0) is 18.1. The van der Waals surface area contributed by atoms with Gasteiger partial charge in [-0.05, 0) is 35.8 Å². The topological polar surface area (TPSA) is 79.2 Å². The number of hydrogen-bond donors (Lipinski definition) is 3. The van der Waals surface area contributed by atoms with Gasteiger partial charge in [-0.3, -0.25) is 0 Å². The fraction of sp³-hybridized carbons (Fsp3) is 0.684. The maximum atomic E-state index is 10.5. The zero-order valence-corrected chi connectivity index (χ0v) is 15.2. The van der Waals surface area contributed by atoms with E-state index in [1.165, 1.54) is 12.1 Å². The van der Waals surface area contributed by atoms with Gasteiger partial charge in [-0.15, -0.1) is 0 Å². The Kier molecular flexibility index (Phi) is 5.47. The van der Waals surface area contributed by atoms with Crippen LogP contribution in [0, 0.1) is 10.8 Å². The van der Waals surface area contributed by atoms with Crippen molar-refractivity contribution >= 4 is 0 Å². The lowest BCUT2D eigenvalue weighted by Gasteiger charge is -2.42. The first-order valence-electron chi connectivity index (χ1n) is 8.48. The van der Waals surface area contributed by atoms with Gasteiger partial charge in [0.25, 0.3) is 0 Å². The molecule has 0 radical (unpaired) electrons. The summed E-state index contributed by atoms with van der Waals surface area (Å²) in [6.45, 7) is 10.8. The molecule has 1 saturated heterocycles. The van der Waals surface area contributed by atoms with Crippen LogP contribution in [0.1, 0.15) is 59.3 Å². The Balaban J connectivity index is 2.10. The highest BCUT2D eigenvalue weighted by Gasteiger charge is 2.39. The molecular weight excluding hydrogens is 308 g/mol. The molecule has 1 heterocycles. The molecule has 1 aliphatic heterocycles. The monoisotopic (exact) mass is 338 g/mol. The summed E-state index contributed by atoms with van der Waals surface area (Å²) in [5, 5.41) is 29.6. The Bertz CT molecular complexity index is 561. The molecule has 0 bridgehead atoms. The van der Waals surface area contributed by atoms with Gasteiger partial charge in [-0.2, -0.15) is 0 Å². The smallest absolute Gasteiger partial charge is 0.184 e. The molecule has 1 aliphatic rings. The Hall–Kier alpha value is -1.30. The van der Waals surface area contributed by atoms with Gasteiger partial charge in [0.2, 0.25) is 0 Å². The van der Waals surface area contributed by atoms with E-state index in [0.717, 1.165) is 6.42 Å². The third-order valence-electron chi connectivity index (χ3n) is 4.80. The Morgan fingerprint density at radius 1 is 1.12 bits per heavy atom. The minimum Gasteiger partial charge on any atom is -0.504 e. The molecule has 2 rings (SSSR count). The summed E-state index contributed by atoms with van der Waals surface area (Å²) in [4.78, 5) is 0. The molecule has 0 aliphatic carbocycles. The molecule has 0 spiro atoms. The third kappa shape index (κ3) is 4.41. The van der Waals surface area contributed by atoms with Crippen LogP contribution in [0.4, 0.5) is 0 Å². The van der Waals surface area contributed by atoms with Crippen molar-refractivity contribution in [2.24, 2.45) is 10.8 Å². The van der Waals surface area contributed by atoms with E-state index in [1.807, 2.05) is 20.8 Å². The van der Waals surface area contributed by atoms with Crippen molar-refractivity contribution < 1.29 is 24.8 Å². The molecule has 3 unspecified atom stereocenters. The quantitative estimate of drug-likeness (QED) is 0.729. The molecule has 0 saturated carbocycles. The minimum absolute atomic E-state index is 0.0656. The summed E-state index contributed by atoms with van der Waals surface area (Å²) in [7, 11) is 0. The van der Waals surface area contributed by atoms with Crippen LogP contribution in [-0.4, -0.2) is 34.1 Å². The highest BCUT2D eigenvalue weighted by Crippen LogP contribution is 2.41. The predicted molar refractivity (Wildman–Crippen MR) is 91.8 cm³/mol. The van der Waals surface area contributed by atoms with E-state index in [0.29, 0.717) is 18.6 Å². The van der Waals surface area contributed by atoms with Crippen LogP contribution in [0.5, 0.6) is 11.5 Å². The lowest BCUT2D eigenvalue weighted by Crippen LogP contribution is -2.42. The maximum absolute atomic E-state index is 10.5. The van der Waals surface area contributed by atoms with E-state index in [2.05, 4.69) is 13.8 Å². The number of phenolic OH excluding ortho intramolecular Hbond substituents is 2. The van der Waals surface area contributed by atoms with E-state index < -0.39 is 12.4 Å². The van der Waals surface area contributed by atoms with Crippen molar-refractivity contribution in [2.75, 3.05) is 6.61 Å². The lowest BCUT2D eigenvalue weighted by atomic mass is 9.74. The molecule has 3 N–H and O–H groups in total. The highest BCUT2D eigenvalue weighted by molar-refractivity contribution is 5.40. The average molecular weight is 338 g/mol. The van der Waals surface area contributed by atoms with Crippen LogP contribution in [0.25, 0.3) is 0 Å². The van der Waals surface area contributed by atoms with Gasteiger partial charge in [0.1, 0.15) is 0 Å². The molecule has 24 heavy (non-hydrogen) atoms. The maximum Gasteiger partial charge on any atom is 0.184 e. The van der Waals surface area contributed by atoms with Crippen LogP contribution < -0.4 is 0 Å². The van der Waals surface area contributed by atoms with E-state index >= 15 is 0 Å². The number of ether oxygens (including phenoxy) is 2. The summed E-state index contributed by atoms with van der Waals surface area (Å²) in [6, 6.07) is 4.56. The molecule has 1 fully saturated rings. The second-order valence-electron chi connectivity index (χ2n) is 8.44. The second kappa shape index (κ2) is 6.90. The van der Waals surface area contributed by atoms with Crippen molar-refractivity contribution in [3.05, 3.63) is 23.8 Å².